The van der Waals surface area contributed by atoms with E-state index in [1.807, 2.05) is 0 Å². The largest absolute Gasteiger partial charge is 0.359 e. The third kappa shape index (κ3) is 5.26. The van der Waals surface area contributed by atoms with Crippen LogP contribution in [0.5, 0.6) is 0 Å². The molecule has 3 heterocycles. The SMILES string of the molecule is [2H]C([2H])([2H])NC(=O)Cc1nnc(Nc2cccc(F)n2)cc1Nc1ncccc1S(=O)(=O)C(F)F. The molecule has 0 aromatic carbocycles. The van der Waals surface area contributed by atoms with Gasteiger partial charge in [0.05, 0.1) is 17.8 Å². The summed E-state index contributed by atoms with van der Waals surface area (Å²) in [5, 5.41) is 14.6. The van der Waals surface area contributed by atoms with Gasteiger partial charge < -0.3 is 16.0 Å². The van der Waals surface area contributed by atoms with Gasteiger partial charge in [-0.15, -0.1) is 5.10 Å². The van der Waals surface area contributed by atoms with Gasteiger partial charge in [0.1, 0.15) is 16.5 Å². The summed E-state index contributed by atoms with van der Waals surface area (Å²) < 4.78 is 85.2. The summed E-state index contributed by atoms with van der Waals surface area (Å²) in [6.07, 6.45) is 0.508. The molecule has 3 rings (SSSR count). The van der Waals surface area contributed by atoms with E-state index < -0.39 is 51.6 Å². The molecule has 3 N–H and O–H groups in total. The molecule has 0 bridgehead atoms. The van der Waals surface area contributed by atoms with E-state index in [-0.39, 0.29) is 23.0 Å². The Labute approximate surface area is 184 Å². The lowest BCUT2D eigenvalue weighted by Gasteiger charge is -2.14. The molecule has 0 atom stereocenters. The Hall–Kier alpha value is -3.81. The minimum absolute atomic E-state index is 0.0250. The minimum atomic E-state index is -5.07. The van der Waals surface area contributed by atoms with Crippen molar-refractivity contribution in [2.24, 2.45) is 0 Å². The van der Waals surface area contributed by atoms with Crippen LogP contribution in [0.4, 0.5) is 36.3 Å². The van der Waals surface area contributed by atoms with Crippen molar-refractivity contribution in [2.75, 3.05) is 17.6 Å². The highest BCUT2D eigenvalue weighted by molar-refractivity contribution is 7.91. The predicted octanol–water partition coefficient (Wildman–Crippen LogP) is 2.18. The number of anilines is 4. The molecule has 0 fully saturated rings. The second-order valence-electron chi connectivity index (χ2n) is 6.07. The average molecular weight is 470 g/mol. The van der Waals surface area contributed by atoms with E-state index >= 15 is 0 Å². The molecule has 168 valence electrons. The number of pyridine rings is 2. The van der Waals surface area contributed by atoms with Crippen molar-refractivity contribution in [3.63, 3.8) is 0 Å². The van der Waals surface area contributed by atoms with Gasteiger partial charge >= 0.3 is 5.76 Å². The number of carbonyl (C=O) groups is 1. The second-order valence-corrected chi connectivity index (χ2v) is 7.95. The summed E-state index contributed by atoms with van der Waals surface area (Å²) >= 11 is 0. The maximum atomic E-state index is 13.4. The van der Waals surface area contributed by atoms with E-state index in [9.17, 15) is 26.4 Å². The number of carbonyl (C=O) groups excluding carboxylic acids is 1. The number of alkyl halides is 2. The van der Waals surface area contributed by atoms with E-state index in [4.69, 9.17) is 4.11 Å². The summed E-state index contributed by atoms with van der Waals surface area (Å²) in [5.41, 5.74) is -0.292. The first kappa shape index (κ1) is 18.9. The maximum absolute atomic E-state index is 13.4. The molecule has 0 unspecified atom stereocenters. The highest BCUT2D eigenvalue weighted by atomic mass is 32.2. The van der Waals surface area contributed by atoms with Gasteiger partial charge in [-0.25, -0.2) is 18.4 Å². The van der Waals surface area contributed by atoms with Crippen molar-refractivity contribution in [1.82, 2.24) is 25.5 Å². The Morgan fingerprint density at radius 1 is 1.16 bits per heavy atom. The Morgan fingerprint density at radius 3 is 2.69 bits per heavy atom. The molecule has 1 amide bonds. The molecular weight excluding hydrogens is 451 g/mol. The third-order valence-corrected chi connectivity index (χ3v) is 5.29. The smallest absolute Gasteiger partial charge is 0.341 e. The van der Waals surface area contributed by atoms with E-state index in [0.29, 0.717) is 0 Å². The summed E-state index contributed by atoms with van der Waals surface area (Å²) in [5.74, 6) is -6.04. The second kappa shape index (κ2) is 9.55. The van der Waals surface area contributed by atoms with E-state index in [1.165, 1.54) is 18.2 Å². The number of amides is 1. The molecule has 3 aromatic rings. The van der Waals surface area contributed by atoms with Crippen LogP contribution in [0.3, 0.4) is 0 Å². The van der Waals surface area contributed by atoms with Gasteiger partial charge in [-0.3, -0.25) is 4.79 Å². The van der Waals surface area contributed by atoms with Gasteiger partial charge in [0, 0.05) is 23.4 Å². The summed E-state index contributed by atoms with van der Waals surface area (Å²) in [6, 6.07) is 7.11. The van der Waals surface area contributed by atoms with Gasteiger partial charge in [0.15, 0.2) is 5.82 Å². The Kier molecular flexibility index (Phi) is 5.65. The first-order valence-electron chi connectivity index (χ1n) is 10.2. The highest BCUT2D eigenvalue weighted by Crippen LogP contribution is 2.29. The molecule has 0 saturated carbocycles. The molecule has 0 radical (unpaired) electrons. The van der Waals surface area contributed by atoms with Crippen molar-refractivity contribution in [3.8, 4) is 0 Å². The zero-order chi connectivity index (χ0) is 25.8. The van der Waals surface area contributed by atoms with Gasteiger partial charge in [-0.05, 0) is 24.3 Å². The normalized spacial score (nSPS) is 13.1. The van der Waals surface area contributed by atoms with Crippen LogP contribution in [-0.4, -0.2) is 47.2 Å². The molecule has 0 aliphatic heterocycles. The van der Waals surface area contributed by atoms with E-state index in [0.717, 1.165) is 24.4 Å². The fourth-order valence-electron chi connectivity index (χ4n) is 2.46. The van der Waals surface area contributed by atoms with E-state index in [1.54, 1.807) is 5.32 Å². The predicted molar refractivity (Wildman–Crippen MR) is 108 cm³/mol. The van der Waals surface area contributed by atoms with Crippen LogP contribution in [-0.2, 0) is 21.1 Å². The van der Waals surface area contributed by atoms with Crippen LogP contribution in [0.2, 0.25) is 0 Å². The van der Waals surface area contributed by atoms with Gasteiger partial charge in [0.25, 0.3) is 0 Å². The number of halogens is 3. The Balaban J connectivity index is 2.02. The van der Waals surface area contributed by atoms with Gasteiger partial charge in [-0.1, -0.05) is 6.07 Å². The Morgan fingerprint density at radius 2 is 1.97 bits per heavy atom. The zero-order valence-electron chi connectivity index (χ0n) is 18.9. The summed E-state index contributed by atoms with van der Waals surface area (Å²) in [6.45, 7) is -2.79. The van der Waals surface area contributed by atoms with E-state index in [2.05, 4.69) is 30.8 Å². The Bertz CT molecular complexity index is 1340. The quantitative estimate of drug-likeness (QED) is 0.423. The molecule has 0 aliphatic rings. The van der Waals surface area contributed by atoms with Crippen molar-refractivity contribution in [3.05, 3.63) is 54.2 Å². The van der Waals surface area contributed by atoms with Crippen LogP contribution in [0.25, 0.3) is 0 Å². The fraction of sp³-hybridized carbons (Fsp3) is 0.167. The first-order valence-corrected chi connectivity index (χ1v) is 10.2. The number of sulfone groups is 1. The lowest BCUT2D eigenvalue weighted by Crippen LogP contribution is -2.22. The number of aromatic nitrogens is 4. The van der Waals surface area contributed by atoms with Gasteiger partial charge in [0.2, 0.25) is 21.7 Å². The van der Waals surface area contributed by atoms with Crippen LogP contribution in [0.15, 0.2) is 47.5 Å². The maximum Gasteiger partial charge on any atom is 0.341 e. The molecule has 3 aromatic heterocycles. The standard InChI is InChI=1S/C18H16F3N7O3S/c1-22-16(29)9-11-10(8-15(28-27-11)26-14-6-2-5-13(19)25-14)24-17-12(4-3-7-23-17)32(30,31)18(20)21/h2-8,18H,9H2,1H3,(H,22,29)(H2,23,24,25,26,28)/i1D3. The number of rotatable bonds is 8. The molecule has 32 heavy (non-hydrogen) atoms. The van der Waals surface area contributed by atoms with Crippen molar-refractivity contribution in [1.29, 1.82) is 0 Å². The van der Waals surface area contributed by atoms with Crippen molar-refractivity contribution in [2.45, 2.75) is 17.1 Å². The van der Waals surface area contributed by atoms with Gasteiger partial charge in [-0.2, -0.15) is 18.3 Å². The number of nitrogens with one attached hydrogen (secondary N) is 3. The van der Waals surface area contributed by atoms with Crippen LogP contribution in [0, 0.1) is 5.95 Å². The summed E-state index contributed by atoms with van der Waals surface area (Å²) in [7, 11) is -5.07. The van der Waals surface area contributed by atoms with Crippen LogP contribution < -0.4 is 16.0 Å². The third-order valence-electron chi connectivity index (χ3n) is 3.87. The molecule has 0 spiro atoms. The lowest BCUT2D eigenvalue weighted by molar-refractivity contribution is -0.120. The number of hydrogen-bond acceptors (Lipinski definition) is 9. The molecule has 0 saturated heterocycles. The van der Waals surface area contributed by atoms with Crippen LogP contribution in [0.1, 0.15) is 9.81 Å². The zero-order valence-corrected chi connectivity index (χ0v) is 16.7. The first-order chi connectivity index (χ1) is 16.3. The number of likely N-dealkylation sites (N-methyl/N-ethyl adjacent to an activating group) is 1. The average Bonchev–Trinajstić information content (AvgIpc) is 2.74. The number of hydrogen-bond donors (Lipinski definition) is 3. The fourth-order valence-corrected chi connectivity index (χ4v) is 3.29. The lowest BCUT2D eigenvalue weighted by atomic mass is 10.2. The van der Waals surface area contributed by atoms with Crippen LogP contribution >= 0.6 is 0 Å². The monoisotopic (exact) mass is 470 g/mol. The van der Waals surface area contributed by atoms with Crippen molar-refractivity contribution >= 4 is 38.9 Å². The topological polar surface area (TPSA) is 139 Å². The number of nitrogens with zero attached hydrogens (tertiary/aromatic N) is 4. The molecule has 14 heteroatoms. The highest BCUT2D eigenvalue weighted by Gasteiger charge is 2.30. The summed E-state index contributed by atoms with van der Waals surface area (Å²) in [4.78, 5) is 18.7. The minimum Gasteiger partial charge on any atom is -0.359 e. The molecule has 10 nitrogen and oxygen atoms in total. The van der Waals surface area contributed by atoms with Crippen molar-refractivity contribution < 1.29 is 30.5 Å². The molecular formula is C18H16F3N7O3S. The molecule has 0 aliphatic carbocycles.